The summed E-state index contributed by atoms with van der Waals surface area (Å²) in [6.07, 6.45) is 4.33. The summed E-state index contributed by atoms with van der Waals surface area (Å²) in [4.78, 5) is 3.83. The van der Waals surface area contributed by atoms with Crippen molar-refractivity contribution in [3.8, 4) is 0 Å². The van der Waals surface area contributed by atoms with Gasteiger partial charge in [-0.1, -0.05) is 10.6 Å². The van der Waals surface area contributed by atoms with Gasteiger partial charge in [0.15, 0.2) is 0 Å². The van der Waals surface area contributed by atoms with Crippen LogP contribution in [0.3, 0.4) is 0 Å². The largest absolute Gasteiger partial charge is 0.382 e. The van der Waals surface area contributed by atoms with Crippen molar-refractivity contribution in [2.75, 3.05) is 0 Å². The molecule has 1 unspecified atom stereocenters. The molecule has 6 nitrogen and oxygen atoms in total. The van der Waals surface area contributed by atoms with Gasteiger partial charge in [-0.2, -0.15) is 5.10 Å². The van der Waals surface area contributed by atoms with Gasteiger partial charge >= 0.3 is 0 Å². The zero-order valence-electron chi connectivity index (χ0n) is 12.5. The van der Waals surface area contributed by atoms with Gasteiger partial charge in [0.25, 0.3) is 0 Å². The average molecular weight is 369 g/mol. The lowest BCUT2D eigenvalue weighted by Crippen LogP contribution is -2.41. The fourth-order valence-electron chi connectivity index (χ4n) is 2.32. The Hall–Kier alpha value is -1.91. The maximum absolute atomic E-state index is 14.3. The van der Waals surface area contributed by atoms with E-state index >= 15 is 0 Å². The summed E-state index contributed by atoms with van der Waals surface area (Å²) < 4.78 is 33.5. The smallest absolute Gasteiger partial charge is 0.137 e. The molecule has 0 aliphatic carbocycles. The second-order valence-electron chi connectivity index (χ2n) is 5.14. The molecule has 0 saturated heterocycles. The molecule has 2 heterocycles. The monoisotopic (exact) mass is 369 g/mol. The number of aromatic nitrogens is 5. The van der Waals surface area contributed by atoms with Crippen molar-refractivity contribution in [2.24, 2.45) is 0 Å². The topological polar surface area (TPSA) is 76.7 Å². The van der Waals surface area contributed by atoms with Gasteiger partial charge in [-0.25, -0.2) is 18.4 Å². The van der Waals surface area contributed by atoms with E-state index in [0.29, 0.717) is 0 Å². The van der Waals surface area contributed by atoms with E-state index in [4.69, 9.17) is 0 Å². The molecule has 0 bridgehead atoms. The Labute approximate surface area is 144 Å². The first-order valence-corrected chi connectivity index (χ1v) is 8.58. The average Bonchev–Trinajstić information content (AvgIpc) is 3.20. The molecule has 1 N–H and O–H groups in total. The number of nitrogens with zero attached hydrogens (tertiary/aromatic N) is 5. The molecule has 126 valence electrons. The molecule has 2 atom stereocenters. The van der Waals surface area contributed by atoms with Crippen LogP contribution >= 0.6 is 23.3 Å². The highest BCUT2D eigenvalue weighted by molar-refractivity contribution is 8.01. The number of hydrogen-bond acceptors (Lipinski definition) is 7. The lowest BCUT2D eigenvalue weighted by molar-refractivity contribution is 0.0133. The van der Waals surface area contributed by atoms with E-state index in [1.54, 1.807) is 13.1 Å². The van der Waals surface area contributed by atoms with Gasteiger partial charge in [-0.3, -0.25) is 0 Å². The molecular formula is C14H13F2N5OS2. The molecule has 0 aliphatic rings. The van der Waals surface area contributed by atoms with E-state index < -0.39 is 22.5 Å². The van der Waals surface area contributed by atoms with E-state index in [0.717, 1.165) is 16.3 Å². The zero-order chi connectivity index (χ0) is 17.2. The molecule has 24 heavy (non-hydrogen) atoms. The van der Waals surface area contributed by atoms with Crippen molar-refractivity contribution in [1.82, 2.24) is 24.4 Å². The molecular weight excluding hydrogens is 356 g/mol. The van der Waals surface area contributed by atoms with Gasteiger partial charge in [0.2, 0.25) is 0 Å². The van der Waals surface area contributed by atoms with Crippen LogP contribution in [0.25, 0.3) is 0 Å². The Kier molecular flexibility index (Phi) is 4.88. The maximum Gasteiger partial charge on any atom is 0.137 e. The number of benzene rings is 1. The van der Waals surface area contributed by atoms with Crippen LogP contribution in [0.4, 0.5) is 8.78 Å². The summed E-state index contributed by atoms with van der Waals surface area (Å²) in [6, 6.07) is 3.13. The number of hydrogen-bond donors (Lipinski definition) is 1. The van der Waals surface area contributed by atoms with Crippen molar-refractivity contribution >= 4 is 23.3 Å². The van der Waals surface area contributed by atoms with Crippen LogP contribution in [0, 0.1) is 11.6 Å². The quantitative estimate of drug-likeness (QED) is 0.673. The number of aliphatic hydroxyl groups is 1. The normalized spacial score (nSPS) is 15.2. The number of halogens is 2. The second kappa shape index (κ2) is 6.91. The minimum atomic E-state index is -1.64. The third-order valence-corrected chi connectivity index (χ3v) is 5.63. The van der Waals surface area contributed by atoms with Crippen LogP contribution in [0.15, 0.2) is 41.3 Å². The Balaban J connectivity index is 1.99. The van der Waals surface area contributed by atoms with E-state index in [1.807, 2.05) is 0 Å². The Bertz CT molecular complexity index is 800. The highest BCUT2D eigenvalue weighted by Crippen LogP contribution is 2.39. The van der Waals surface area contributed by atoms with Gasteiger partial charge in [0.1, 0.15) is 34.1 Å². The van der Waals surface area contributed by atoms with Crippen LogP contribution in [0.5, 0.6) is 0 Å². The standard InChI is InChI=1S/C14H13F2N5OS2/c1-9(23-13-5-18-20-24-13)14(22,6-21-8-17-7-19-21)11-3-2-10(15)4-12(11)16/h2-5,7-9,22H,6H2,1H3/t9-,14?/m1/s1. The van der Waals surface area contributed by atoms with Crippen LogP contribution in [-0.4, -0.2) is 34.7 Å². The Morgan fingerprint density at radius 3 is 2.88 bits per heavy atom. The molecule has 0 aliphatic heterocycles. The van der Waals surface area contributed by atoms with Gasteiger partial charge < -0.3 is 5.11 Å². The first-order chi connectivity index (χ1) is 11.5. The fraction of sp³-hybridized carbons (Fsp3) is 0.286. The highest BCUT2D eigenvalue weighted by atomic mass is 32.2. The van der Waals surface area contributed by atoms with Crippen molar-refractivity contribution in [3.05, 3.63) is 54.2 Å². The third kappa shape index (κ3) is 3.45. The second-order valence-corrected chi connectivity index (χ2v) is 7.56. The lowest BCUT2D eigenvalue weighted by Gasteiger charge is -2.34. The minimum Gasteiger partial charge on any atom is -0.382 e. The van der Waals surface area contributed by atoms with Gasteiger partial charge in [0, 0.05) is 16.9 Å². The zero-order valence-corrected chi connectivity index (χ0v) is 14.1. The van der Waals surface area contributed by atoms with Crippen molar-refractivity contribution in [3.63, 3.8) is 0 Å². The number of thioether (sulfide) groups is 1. The van der Waals surface area contributed by atoms with Crippen molar-refractivity contribution < 1.29 is 13.9 Å². The van der Waals surface area contributed by atoms with Gasteiger partial charge in [0.05, 0.1) is 12.7 Å². The summed E-state index contributed by atoms with van der Waals surface area (Å²) in [5, 5.41) is 18.5. The van der Waals surface area contributed by atoms with E-state index in [1.165, 1.54) is 46.7 Å². The van der Waals surface area contributed by atoms with E-state index in [-0.39, 0.29) is 12.1 Å². The Morgan fingerprint density at radius 1 is 1.42 bits per heavy atom. The summed E-state index contributed by atoms with van der Waals surface area (Å²) in [5.41, 5.74) is -1.64. The summed E-state index contributed by atoms with van der Waals surface area (Å²) in [7, 11) is 0. The van der Waals surface area contributed by atoms with E-state index in [9.17, 15) is 13.9 Å². The molecule has 2 aromatic heterocycles. The Morgan fingerprint density at radius 2 is 2.25 bits per heavy atom. The molecule has 0 amide bonds. The van der Waals surface area contributed by atoms with E-state index in [2.05, 4.69) is 19.7 Å². The molecule has 1 aromatic carbocycles. The summed E-state index contributed by atoms with van der Waals surface area (Å²) >= 11 is 2.49. The molecule has 0 spiro atoms. The molecule has 0 fully saturated rings. The molecule has 3 aromatic rings. The highest BCUT2D eigenvalue weighted by Gasteiger charge is 2.40. The van der Waals surface area contributed by atoms with Crippen LogP contribution < -0.4 is 0 Å². The predicted octanol–water partition coefficient (Wildman–Crippen LogP) is 2.48. The molecule has 10 heteroatoms. The summed E-state index contributed by atoms with van der Waals surface area (Å²) in [6.45, 7) is 1.72. The van der Waals surface area contributed by atoms with Gasteiger partial charge in [-0.15, -0.1) is 16.9 Å². The maximum atomic E-state index is 14.3. The molecule has 3 rings (SSSR count). The van der Waals surface area contributed by atoms with Crippen molar-refractivity contribution in [2.45, 2.75) is 28.5 Å². The SMILES string of the molecule is C[C@@H](Sc1cnns1)C(O)(Cn1cncn1)c1ccc(F)cc1F. The predicted molar refractivity (Wildman–Crippen MR) is 85.5 cm³/mol. The number of rotatable bonds is 6. The van der Waals surface area contributed by atoms with Crippen molar-refractivity contribution in [1.29, 1.82) is 0 Å². The molecule has 0 radical (unpaired) electrons. The minimum absolute atomic E-state index is 0.00289. The fourth-order valence-corrected chi connectivity index (χ4v) is 4.14. The molecule has 0 saturated carbocycles. The third-order valence-electron chi connectivity index (χ3n) is 3.57. The summed E-state index contributed by atoms with van der Waals surface area (Å²) in [5.74, 6) is -1.51. The first kappa shape index (κ1) is 16.9. The van der Waals surface area contributed by atoms with Crippen LogP contribution in [-0.2, 0) is 12.1 Å². The van der Waals surface area contributed by atoms with Crippen LogP contribution in [0.1, 0.15) is 12.5 Å². The lowest BCUT2D eigenvalue weighted by atomic mass is 9.90. The van der Waals surface area contributed by atoms with Gasteiger partial charge in [-0.05, 0) is 24.5 Å². The van der Waals surface area contributed by atoms with Crippen LogP contribution in [0.2, 0.25) is 0 Å². The first-order valence-electron chi connectivity index (χ1n) is 6.93.